The first-order valence-electron chi connectivity index (χ1n) is 9.24. The third-order valence-corrected chi connectivity index (χ3v) is 5.56. The first-order valence-corrected chi connectivity index (χ1v) is 9.24. The minimum atomic E-state index is -0.308. The second-order valence-electron chi connectivity index (χ2n) is 7.22. The van der Waals surface area contributed by atoms with Gasteiger partial charge in [0.25, 0.3) is 0 Å². The fourth-order valence-electron chi connectivity index (χ4n) is 4.36. The normalized spacial score (nSPS) is 22.7. The molecule has 1 amide bonds. The Balaban J connectivity index is 1.55. The SMILES string of the molecule is O=C1NC2(CCCCC2)N2c3nc(Nc4ccccc4)ncc3C=CC12. The highest BCUT2D eigenvalue weighted by Crippen LogP contribution is 2.43. The van der Waals surface area contributed by atoms with Gasteiger partial charge in [-0.05, 0) is 37.8 Å². The Morgan fingerprint density at radius 3 is 2.77 bits per heavy atom. The fourth-order valence-corrected chi connectivity index (χ4v) is 4.36. The van der Waals surface area contributed by atoms with E-state index in [-0.39, 0.29) is 17.6 Å². The van der Waals surface area contributed by atoms with Crippen LogP contribution in [0.5, 0.6) is 0 Å². The summed E-state index contributed by atoms with van der Waals surface area (Å²) in [5, 5.41) is 6.53. The van der Waals surface area contributed by atoms with E-state index in [0.29, 0.717) is 5.95 Å². The zero-order chi connectivity index (χ0) is 17.6. The standard InChI is InChI=1S/C20H21N5O/c26-18-16-10-9-14-13-21-19(22-15-7-3-1-4-8-15)23-17(14)25(16)20(24-18)11-5-2-6-12-20/h1,3-4,7-10,13,16H,2,5-6,11-12H2,(H,24,26)(H,21,22,23). The minimum absolute atomic E-state index is 0.0741. The number of hydrogen-bond donors (Lipinski definition) is 2. The van der Waals surface area contributed by atoms with Crippen LogP contribution in [0, 0.1) is 0 Å². The molecule has 1 aromatic heterocycles. The van der Waals surface area contributed by atoms with Crippen molar-refractivity contribution in [2.75, 3.05) is 10.2 Å². The number of aromatic nitrogens is 2. The Hall–Kier alpha value is -2.89. The van der Waals surface area contributed by atoms with Crippen LogP contribution in [-0.4, -0.2) is 27.6 Å². The quantitative estimate of drug-likeness (QED) is 0.873. The van der Waals surface area contributed by atoms with Crippen molar-refractivity contribution in [2.45, 2.75) is 43.8 Å². The maximum atomic E-state index is 12.6. The summed E-state index contributed by atoms with van der Waals surface area (Å²) in [6, 6.07) is 9.60. The molecule has 0 radical (unpaired) electrons. The topological polar surface area (TPSA) is 70.2 Å². The summed E-state index contributed by atoms with van der Waals surface area (Å²) in [6.45, 7) is 0. The molecule has 6 nitrogen and oxygen atoms in total. The first kappa shape index (κ1) is 15.4. The van der Waals surface area contributed by atoms with E-state index < -0.39 is 0 Å². The van der Waals surface area contributed by atoms with E-state index in [2.05, 4.69) is 20.5 Å². The van der Waals surface area contributed by atoms with E-state index in [1.807, 2.05) is 48.7 Å². The molecule has 2 aromatic rings. The lowest BCUT2D eigenvalue weighted by Crippen LogP contribution is -2.55. The van der Waals surface area contributed by atoms with Crippen molar-refractivity contribution in [2.24, 2.45) is 0 Å². The Morgan fingerprint density at radius 2 is 1.96 bits per heavy atom. The predicted octanol–water partition coefficient (Wildman–Crippen LogP) is 3.21. The van der Waals surface area contributed by atoms with Gasteiger partial charge in [-0.1, -0.05) is 36.8 Å². The number of benzene rings is 1. The summed E-state index contributed by atoms with van der Waals surface area (Å²) >= 11 is 0. The highest BCUT2D eigenvalue weighted by atomic mass is 16.2. The third kappa shape index (κ3) is 2.36. The number of rotatable bonds is 2. The lowest BCUT2D eigenvalue weighted by molar-refractivity contribution is -0.120. The van der Waals surface area contributed by atoms with Crippen LogP contribution in [0.1, 0.15) is 37.7 Å². The summed E-state index contributed by atoms with van der Waals surface area (Å²) in [4.78, 5) is 24.0. The van der Waals surface area contributed by atoms with Crippen LogP contribution in [0.2, 0.25) is 0 Å². The summed E-state index contributed by atoms with van der Waals surface area (Å²) in [5.41, 5.74) is 1.59. The largest absolute Gasteiger partial charge is 0.331 e. The van der Waals surface area contributed by atoms with Crippen molar-refractivity contribution in [1.29, 1.82) is 0 Å². The number of anilines is 3. The lowest BCUT2D eigenvalue weighted by atomic mass is 9.87. The molecule has 26 heavy (non-hydrogen) atoms. The highest BCUT2D eigenvalue weighted by Gasteiger charge is 2.52. The number of hydrogen-bond acceptors (Lipinski definition) is 5. The van der Waals surface area contributed by atoms with Crippen LogP contribution in [0.25, 0.3) is 6.08 Å². The maximum Gasteiger partial charge on any atom is 0.248 e. The van der Waals surface area contributed by atoms with Crippen LogP contribution >= 0.6 is 0 Å². The van der Waals surface area contributed by atoms with E-state index in [0.717, 1.165) is 42.8 Å². The second-order valence-corrected chi connectivity index (χ2v) is 7.22. The highest BCUT2D eigenvalue weighted by molar-refractivity contribution is 5.95. The summed E-state index contributed by atoms with van der Waals surface area (Å²) in [5.74, 6) is 1.46. The molecule has 2 aliphatic heterocycles. The molecule has 0 bridgehead atoms. The van der Waals surface area contributed by atoms with Gasteiger partial charge in [-0.25, -0.2) is 4.98 Å². The van der Waals surface area contributed by atoms with Gasteiger partial charge in [-0.15, -0.1) is 0 Å². The second kappa shape index (κ2) is 5.83. The molecule has 1 aromatic carbocycles. The van der Waals surface area contributed by atoms with E-state index in [1.54, 1.807) is 0 Å². The van der Waals surface area contributed by atoms with Crippen molar-refractivity contribution >= 4 is 29.4 Å². The average molecular weight is 347 g/mol. The maximum absolute atomic E-state index is 12.6. The molecule has 1 spiro atoms. The van der Waals surface area contributed by atoms with Gasteiger partial charge in [-0.2, -0.15) is 4.98 Å². The molecule has 2 fully saturated rings. The van der Waals surface area contributed by atoms with Gasteiger partial charge in [0.05, 0.1) is 0 Å². The fraction of sp³-hybridized carbons (Fsp3) is 0.350. The molecule has 132 valence electrons. The number of carbonyl (C=O) groups is 1. The molecule has 2 N–H and O–H groups in total. The van der Waals surface area contributed by atoms with Crippen LogP contribution in [0.15, 0.2) is 42.6 Å². The number of carbonyl (C=O) groups excluding carboxylic acids is 1. The molecule has 3 heterocycles. The average Bonchev–Trinajstić information content (AvgIpc) is 2.95. The number of nitrogens with zero attached hydrogens (tertiary/aromatic N) is 3. The van der Waals surface area contributed by atoms with Crippen LogP contribution in [0.3, 0.4) is 0 Å². The monoisotopic (exact) mass is 347 g/mol. The molecular formula is C20H21N5O. The van der Waals surface area contributed by atoms with Crippen LogP contribution in [-0.2, 0) is 4.79 Å². The molecule has 1 saturated carbocycles. The predicted molar refractivity (Wildman–Crippen MR) is 101 cm³/mol. The number of fused-ring (bicyclic) bond motifs is 4. The third-order valence-electron chi connectivity index (χ3n) is 5.56. The van der Waals surface area contributed by atoms with Crippen LogP contribution in [0.4, 0.5) is 17.5 Å². The molecule has 1 unspecified atom stereocenters. The molecule has 1 aliphatic carbocycles. The van der Waals surface area contributed by atoms with Crippen molar-refractivity contribution in [1.82, 2.24) is 15.3 Å². The van der Waals surface area contributed by atoms with Gasteiger partial charge in [0.15, 0.2) is 0 Å². The Bertz CT molecular complexity index is 873. The summed E-state index contributed by atoms with van der Waals surface area (Å²) in [6.07, 6.45) is 11.2. The summed E-state index contributed by atoms with van der Waals surface area (Å²) in [7, 11) is 0. The zero-order valence-corrected chi connectivity index (χ0v) is 14.5. The molecular weight excluding hydrogens is 326 g/mol. The van der Waals surface area contributed by atoms with Crippen LogP contribution < -0.4 is 15.5 Å². The molecule has 1 atom stereocenters. The van der Waals surface area contributed by atoms with E-state index >= 15 is 0 Å². The van der Waals surface area contributed by atoms with Gasteiger partial charge in [0, 0.05) is 17.4 Å². The van der Waals surface area contributed by atoms with Crippen molar-refractivity contribution < 1.29 is 4.79 Å². The van der Waals surface area contributed by atoms with Gasteiger partial charge < -0.3 is 15.5 Å². The van der Waals surface area contributed by atoms with Gasteiger partial charge in [-0.3, -0.25) is 4.79 Å². The smallest absolute Gasteiger partial charge is 0.248 e. The van der Waals surface area contributed by atoms with E-state index in [1.165, 1.54) is 6.42 Å². The number of amides is 1. The van der Waals surface area contributed by atoms with Crippen molar-refractivity contribution in [3.63, 3.8) is 0 Å². The Labute approximate surface area is 152 Å². The number of nitrogens with one attached hydrogen (secondary N) is 2. The van der Waals surface area contributed by atoms with Crippen molar-refractivity contribution in [3.8, 4) is 0 Å². The Kier molecular flexibility index (Phi) is 3.45. The van der Waals surface area contributed by atoms with Gasteiger partial charge in [0.2, 0.25) is 11.9 Å². The number of para-hydroxylation sites is 1. The van der Waals surface area contributed by atoms with E-state index in [9.17, 15) is 4.79 Å². The summed E-state index contributed by atoms with van der Waals surface area (Å²) < 4.78 is 0. The zero-order valence-electron chi connectivity index (χ0n) is 14.5. The molecule has 1 saturated heterocycles. The van der Waals surface area contributed by atoms with Crippen molar-refractivity contribution in [3.05, 3.63) is 48.2 Å². The Morgan fingerprint density at radius 1 is 1.15 bits per heavy atom. The molecule has 3 aliphatic rings. The molecule has 5 rings (SSSR count). The van der Waals surface area contributed by atoms with E-state index in [4.69, 9.17) is 4.98 Å². The van der Waals surface area contributed by atoms with Gasteiger partial charge in [0.1, 0.15) is 17.5 Å². The van der Waals surface area contributed by atoms with Gasteiger partial charge >= 0.3 is 0 Å². The molecule has 6 heteroatoms. The minimum Gasteiger partial charge on any atom is -0.331 e. The lowest BCUT2D eigenvalue weighted by Gasteiger charge is -2.43. The first-order chi connectivity index (χ1) is 12.8.